The number of aromatic hydroxyl groups is 16. The number of carboxylic acid groups (broad SMARTS) is 1. The summed E-state index contributed by atoms with van der Waals surface area (Å²) in [5.74, 6) is -0.259. The SMILES string of the molecule is C(=C\c1ccccc1)/c1ccccc1.C=Cc1cc(O)cc(O)c1.CC(C)(c1ccc(O)cc1)c1ccc(O)cc1.C[C@]12CC[C@@H]3c4ccc(O)cc4CC[C@H]3[C@@H]1CC[C@@H]2O.O=C(O)c1cc(O)c(O)c(O)c1.O=C1OC(c2ccc(O)cc2)(c2ccc(O)cc2)c2ccccc21.Oc1cc(O)cc(O)c1.Oc1cccc(O)c1.Oc1ccccc1. The van der Waals surface area contributed by atoms with Crippen molar-refractivity contribution >= 4 is 30.2 Å². The van der Waals surface area contributed by atoms with Crippen molar-refractivity contribution in [2.24, 2.45) is 17.3 Å². The van der Waals surface area contributed by atoms with Gasteiger partial charge in [-0.15, -0.1) is 0 Å². The van der Waals surface area contributed by atoms with E-state index in [1.54, 1.807) is 121 Å². The maximum absolute atomic E-state index is 12.4. The number of phenols is 16. The number of carbonyl (C=O) groups excluding carboxylic acids is 1. The fourth-order valence-corrected chi connectivity index (χ4v) is 15.0. The predicted molar refractivity (Wildman–Crippen MR) is 464 cm³/mol. The molecule has 624 valence electrons. The highest BCUT2D eigenvalue weighted by Crippen LogP contribution is 2.61. The molecule has 18 N–H and O–H groups in total. The highest BCUT2D eigenvalue weighted by atomic mass is 16.6. The number of aliphatic hydroxyl groups is 1. The van der Waals surface area contributed by atoms with Crippen LogP contribution >= 0.6 is 0 Å². The molecule has 3 aliphatic carbocycles. The van der Waals surface area contributed by atoms with Crippen LogP contribution in [0, 0.1) is 17.3 Å². The molecule has 1 heterocycles. The van der Waals surface area contributed by atoms with Gasteiger partial charge in [0.15, 0.2) is 22.8 Å². The number of phenolic OH excluding ortho intramolecular Hbond substituents is 16. The van der Waals surface area contributed by atoms with E-state index in [9.17, 15) is 40.2 Å². The van der Waals surface area contributed by atoms with Crippen molar-refractivity contribution in [1.29, 1.82) is 0 Å². The zero-order valence-electron chi connectivity index (χ0n) is 66.6. The molecule has 5 atom stereocenters. The minimum Gasteiger partial charge on any atom is -0.508 e. The van der Waals surface area contributed by atoms with Gasteiger partial charge in [0, 0.05) is 52.4 Å². The van der Waals surface area contributed by atoms with E-state index in [0.29, 0.717) is 34.5 Å². The lowest BCUT2D eigenvalue weighted by atomic mass is 9.55. The number of rotatable bonds is 8. The van der Waals surface area contributed by atoms with Crippen LogP contribution in [0.15, 0.2) is 310 Å². The number of cyclic esters (lactones) is 1. The number of benzene rings is 13. The van der Waals surface area contributed by atoms with Crippen molar-refractivity contribution in [2.75, 3.05) is 0 Å². The minimum atomic E-state index is -1.29. The van der Waals surface area contributed by atoms with E-state index in [-0.39, 0.29) is 85.7 Å². The van der Waals surface area contributed by atoms with Crippen LogP contribution in [-0.4, -0.2) is 110 Å². The van der Waals surface area contributed by atoms with Crippen molar-refractivity contribution in [1.82, 2.24) is 0 Å². The fraction of sp³-hybridized carbons (Fsp3) is 0.160. The highest BCUT2D eigenvalue weighted by molar-refractivity contribution is 5.96. The van der Waals surface area contributed by atoms with Gasteiger partial charge in [-0.2, -0.15) is 0 Å². The van der Waals surface area contributed by atoms with Crippen LogP contribution in [0.25, 0.3) is 18.2 Å². The average Bonchev–Trinajstić information content (AvgIpc) is 1.63. The molecule has 0 spiro atoms. The normalized spacial score (nSPS) is 16.3. The van der Waals surface area contributed by atoms with Gasteiger partial charge in [0.25, 0.3) is 0 Å². The Kier molecular flexibility index (Phi) is 31.0. The Morgan fingerprint density at radius 2 is 0.802 bits per heavy atom. The lowest BCUT2D eigenvalue weighted by Crippen LogP contribution is -2.43. The van der Waals surface area contributed by atoms with E-state index in [0.717, 1.165) is 83.3 Å². The molecule has 21 heteroatoms. The molecule has 0 bridgehead atoms. The first-order chi connectivity index (χ1) is 57.8. The fourth-order valence-electron chi connectivity index (χ4n) is 15.0. The molecular weight excluding hydrogens is 1540 g/mol. The molecule has 0 amide bonds. The quantitative estimate of drug-likeness (QED) is 0.0382. The number of carboxylic acids is 1. The summed E-state index contributed by atoms with van der Waals surface area (Å²) in [7, 11) is 0. The summed E-state index contributed by atoms with van der Waals surface area (Å²) < 4.78 is 5.87. The van der Waals surface area contributed by atoms with E-state index in [1.165, 1.54) is 77.9 Å². The van der Waals surface area contributed by atoms with Crippen LogP contribution in [0.3, 0.4) is 0 Å². The first-order valence-corrected chi connectivity index (χ1v) is 38.6. The maximum Gasteiger partial charge on any atom is 0.340 e. The Bertz CT molecular complexity index is 5320. The van der Waals surface area contributed by atoms with Gasteiger partial charge in [-0.3, -0.25) is 0 Å². The van der Waals surface area contributed by atoms with Gasteiger partial charge in [-0.1, -0.05) is 203 Å². The second-order valence-electron chi connectivity index (χ2n) is 29.7. The lowest BCUT2D eigenvalue weighted by molar-refractivity contribution is -0.0226. The van der Waals surface area contributed by atoms with Crippen LogP contribution in [0.4, 0.5) is 0 Å². The van der Waals surface area contributed by atoms with Crippen molar-refractivity contribution in [3.63, 3.8) is 0 Å². The van der Waals surface area contributed by atoms with Crippen LogP contribution in [0.5, 0.6) is 92.0 Å². The van der Waals surface area contributed by atoms with Crippen LogP contribution < -0.4 is 0 Å². The Labute approximate surface area is 701 Å². The topological polar surface area (TPSA) is 408 Å². The molecule has 0 unspecified atom stereocenters. The monoisotopic (exact) mass is 1630 g/mol. The third kappa shape index (κ3) is 24.6. The summed E-state index contributed by atoms with van der Waals surface area (Å²) in [6.07, 6.45) is 12.6. The Morgan fingerprint density at radius 1 is 0.413 bits per heavy atom. The molecule has 4 aliphatic rings. The van der Waals surface area contributed by atoms with Crippen molar-refractivity contribution in [3.8, 4) is 92.0 Å². The van der Waals surface area contributed by atoms with E-state index < -0.39 is 34.8 Å². The van der Waals surface area contributed by atoms with Gasteiger partial charge in [-0.25, -0.2) is 9.59 Å². The first kappa shape index (κ1) is 90.0. The molecule has 1 aliphatic heterocycles. The number of aliphatic hydroxyl groups excluding tert-OH is 1. The summed E-state index contributed by atoms with van der Waals surface area (Å²) in [5, 5.41) is 163. The number of hydrogen-bond donors (Lipinski definition) is 18. The molecule has 2 fully saturated rings. The van der Waals surface area contributed by atoms with Crippen molar-refractivity contribution in [2.45, 2.75) is 82.3 Å². The lowest BCUT2D eigenvalue weighted by Gasteiger charge is -2.50. The van der Waals surface area contributed by atoms with Crippen molar-refractivity contribution < 1.29 is 106 Å². The third-order valence-corrected chi connectivity index (χ3v) is 21.2. The molecule has 2 saturated carbocycles. The number of carbonyl (C=O) groups is 2. The van der Waals surface area contributed by atoms with Gasteiger partial charge in [-0.05, 0) is 216 Å². The van der Waals surface area contributed by atoms with E-state index in [1.807, 2.05) is 91.0 Å². The van der Waals surface area contributed by atoms with Gasteiger partial charge in [0.05, 0.1) is 17.2 Å². The molecule has 121 heavy (non-hydrogen) atoms. The molecule has 17 rings (SSSR count). The molecule has 0 radical (unpaired) electrons. The third-order valence-electron chi connectivity index (χ3n) is 21.2. The number of ether oxygens (including phenoxy) is 1. The number of aromatic carboxylic acids is 1. The number of esters is 1. The highest BCUT2D eigenvalue weighted by Gasteiger charge is 2.54. The maximum atomic E-state index is 12.4. The standard InChI is InChI=1S/C20H14O4.C18H24O2.C15H16O2.C14H12.C8H8O2.C7H6O5.C6H6O3.C6H6O2.C6H6O/c21-15-9-5-13(6-10-15)20(14-7-11-16(22)12-8-14)18-4-2-1-3-17(18)19(23)24-20;1-18-9-8-14-13-5-3-12(19)10-11(13)2-4-15(14)16(18)6-7-17(18)20;1-15(2,11-3-7-13(16)8-4-11)12-5-9-14(17)10-6-12;1-3-7-13(8-4-1)11-12-14-9-5-2-6-10-14;1-2-6-3-7(9)5-8(10)4-6;8-4-1-3(7(11)12)2-5(9)6(4)10;7-4-1-5(8)3-6(9)2-4;7-5-2-1-3-6(8)4-5;7-6-4-2-1-3-5-6/h1-12,21-22H;3,5,10,14-17,19-20H,2,4,6-9H2,1H3;3-10,16-17H,1-2H3;1-12H;2-5,9-10H,1H2;1-2,8-10H,(H,11,12);1-3,7-9H;1-4,7-8H;1-5,7H/b;;;12-11+;;;;;/t;14-,15-,16+,17+,18+;;;;;;;/m.1......./s1. The average molecular weight is 1640 g/mol. The second-order valence-corrected chi connectivity index (χ2v) is 29.7. The summed E-state index contributed by atoms with van der Waals surface area (Å²) in [6, 6.07) is 85.4. The largest absolute Gasteiger partial charge is 0.508 e. The number of fused-ring (bicyclic) bond motifs is 6. The molecule has 13 aromatic carbocycles. The van der Waals surface area contributed by atoms with E-state index in [2.05, 4.69) is 69.8 Å². The van der Waals surface area contributed by atoms with Crippen LogP contribution in [0.1, 0.15) is 135 Å². The summed E-state index contributed by atoms with van der Waals surface area (Å²) in [5.41, 5.74) is 9.58. The molecular formula is C100H98O21. The van der Waals surface area contributed by atoms with Gasteiger partial charge in [0.1, 0.15) is 74.7 Å². The number of hydrogen-bond acceptors (Lipinski definition) is 20. The molecule has 21 nitrogen and oxygen atoms in total. The van der Waals surface area contributed by atoms with Gasteiger partial charge >= 0.3 is 11.9 Å². The zero-order chi connectivity index (χ0) is 87.6. The van der Waals surface area contributed by atoms with Crippen LogP contribution in [-0.2, 0) is 22.2 Å². The van der Waals surface area contributed by atoms with Crippen molar-refractivity contribution in [3.05, 3.63) is 377 Å². The Hall–Kier alpha value is -15.0. The summed E-state index contributed by atoms with van der Waals surface area (Å²) in [6.45, 7) is 10.0. The Balaban J connectivity index is 0.000000159. The Morgan fingerprint density at radius 3 is 1.22 bits per heavy atom. The molecule has 0 saturated heterocycles. The smallest absolute Gasteiger partial charge is 0.340 e. The second kappa shape index (κ2) is 41.7. The predicted octanol–water partition coefficient (Wildman–Crippen LogP) is 20.0. The molecule has 0 aromatic heterocycles. The van der Waals surface area contributed by atoms with Gasteiger partial charge < -0.3 is 96.7 Å². The zero-order valence-corrected chi connectivity index (χ0v) is 66.6. The minimum absolute atomic E-state index is 0.0508. The van der Waals surface area contributed by atoms with E-state index >= 15 is 0 Å². The summed E-state index contributed by atoms with van der Waals surface area (Å²) in [4.78, 5) is 22.8. The van der Waals surface area contributed by atoms with Gasteiger partial charge in [0.2, 0.25) is 0 Å². The summed E-state index contributed by atoms with van der Waals surface area (Å²) >= 11 is 0. The molecule has 13 aromatic rings. The number of para-hydroxylation sites is 1. The number of aryl methyl sites for hydroxylation is 1. The van der Waals surface area contributed by atoms with E-state index in [4.69, 9.17) is 66.0 Å². The first-order valence-electron chi connectivity index (χ1n) is 38.6. The van der Waals surface area contributed by atoms with Crippen LogP contribution in [0.2, 0.25) is 0 Å².